The molecule has 3 nitrogen and oxygen atoms in total. The monoisotopic (exact) mass is 384 g/mol. The number of aryl methyl sites for hydroxylation is 1. The molecule has 0 atom stereocenters. The fraction of sp³-hybridized carbons (Fsp3) is 0.111. The lowest BCUT2D eigenvalue weighted by Gasteiger charge is -2.11. The van der Waals surface area contributed by atoms with Gasteiger partial charge in [0.2, 0.25) is 0 Å². The lowest BCUT2D eigenvalue weighted by atomic mass is 10.1. The highest BCUT2D eigenvalue weighted by Crippen LogP contribution is 2.35. The van der Waals surface area contributed by atoms with Crippen molar-refractivity contribution in [1.82, 2.24) is 4.98 Å². The molecule has 3 aromatic rings. The maximum atomic E-state index is 9.45. The van der Waals surface area contributed by atoms with Gasteiger partial charge in [0, 0.05) is 16.6 Å². The number of ether oxygens (including phenoxy) is 1. The van der Waals surface area contributed by atoms with Gasteiger partial charge in [-0.15, -0.1) is 11.3 Å². The first-order chi connectivity index (χ1) is 11.2. The summed E-state index contributed by atoms with van der Waals surface area (Å²) >= 11 is 5.08. The predicted octanol–water partition coefficient (Wildman–Crippen LogP) is 5.33. The molecule has 1 aromatic heterocycles. The van der Waals surface area contributed by atoms with Crippen molar-refractivity contribution in [3.8, 4) is 22.4 Å². The first-order valence-corrected chi connectivity index (χ1v) is 8.67. The summed E-state index contributed by atoms with van der Waals surface area (Å²) in [4.78, 5) is 4.47. The summed E-state index contributed by atoms with van der Waals surface area (Å²) in [6, 6.07) is 15.9. The van der Waals surface area contributed by atoms with Crippen molar-refractivity contribution in [3.63, 3.8) is 0 Å². The van der Waals surface area contributed by atoms with Gasteiger partial charge in [-0.3, -0.25) is 0 Å². The molecule has 0 bridgehead atoms. The van der Waals surface area contributed by atoms with Crippen LogP contribution < -0.4 is 4.74 Å². The molecular weight excluding hydrogens is 372 g/mol. The minimum absolute atomic E-state index is 0.420. The molecule has 1 heterocycles. The third-order valence-electron chi connectivity index (χ3n) is 3.26. The van der Waals surface area contributed by atoms with E-state index in [2.05, 4.69) is 27.0 Å². The van der Waals surface area contributed by atoms with Crippen molar-refractivity contribution in [2.24, 2.45) is 0 Å². The quantitative estimate of drug-likeness (QED) is 0.610. The number of thiazole rings is 1. The molecule has 0 fully saturated rings. The van der Waals surface area contributed by atoms with Gasteiger partial charge >= 0.3 is 0 Å². The van der Waals surface area contributed by atoms with E-state index in [1.54, 1.807) is 11.3 Å². The molecule has 5 heteroatoms. The third-order valence-corrected chi connectivity index (χ3v) is 4.85. The Kier molecular flexibility index (Phi) is 4.75. The zero-order valence-electron chi connectivity index (χ0n) is 12.4. The van der Waals surface area contributed by atoms with E-state index in [-0.39, 0.29) is 0 Å². The molecule has 0 saturated heterocycles. The van der Waals surface area contributed by atoms with Crippen molar-refractivity contribution in [2.75, 3.05) is 0 Å². The van der Waals surface area contributed by atoms with Crippen LogP contribution in [0.2, 0.25) is 0 Å². The Labute approximate surface area is 147 Å². The number of halogens is 1. The van der Waals surface area contributed by atoms with Crippen LogP contribution >= 0.6 is 27.3 Å². The average Bonchev–Trinajstić information content (AvgIpc) is 3.00. The number of nitrogens with zero attached hydrogens (tertiary/aromatic N) is 2. The van der Waals surface area contributed by atoms with Gasteiger partial charge in [-0.05, 0) is 40.5 Å². The number of hydrogen-bond donors (Lipinski definition) is 0. The van der Waals surface area contributed by atoms with Gasteiger partial charge in [0.1, 0.15) is 17.7 Å². The van der Waals surface area contributed by atoms with Crippen molar-refractivity contribution in [2.45, 2.75) is 13.5 Å². The zero-order chi connectivity index (χ0) is 16.2. The molecular formula is C18H13BrN2OS. The molecule has 0 radical (unpaired) electrons. The molecule has 0 aliphatic carbocycles. The van der Waals surface area contributed by atoms with E-state index in [1.807, 2.05) is 54.8 Å². The van der Waals surface area contributed by atoms with Crippen LogP contribution in [-0.2, 0) is 6.61 Å². The van der Waals surface area contributed by atoms with E-state index in [1.165, 1.54) is 0 Å². The molecule has 0 aliphatic rings. The van der Waals surface area contributed by atoms with Crippen molar-refractivity contribution < 1.29 is 4.74 Å². The van der Waals surface area contributed by atoms with Crippen molar-refractivity contribution >= 4 is 27.3 Å². The van der Waals surface area contributed by atoms with Crippen LogP contribution in [0.5, 0.6) is 5.75 Å². The largest absolute Gasteiger partial charge is 0.486 e. The van der Waals surface area contributed by atoms with E-state index in [4.69, 9.17) is 4.74 Å². The highest BCUT2D eigenvalue weighted by atomic mass is 79.9. The van der Waals surface area contributed by atoms with E-state index in [0.717, 1.165) is 26.3 Å². The first kappa shape index (κ1) is 15.7. The van der Waals surface area contributed by atoms with Crippen LogP contribution in [0.1, 0.15) is 16.8 Å². The molecule has 0 amide bonds. The Hall–Kier alpha value is -2.16. The Balaban J connectivity index is 1.90. The van der Waals surface area contributed by atoms with Gasteiger partial charge in [0.15, 0.2) is 5.75 Å². The topological polar surface area (TPSA) is 45.9 Å². The zero-order valence-corrected chi connectivity index (χ0v) is 14.8. The second-order valence-corrected chi connectivity index (χ2v) is 6.73. The summed E-state index contributed by atoms with van der Waals surface area (Å²) in [5.41, 5.74) is 3.45. The molecule has 23 heavy (non-hydrogen) atoms. The summed E-state index contributed by atoms with van der Waals surface area (Å²) in [6.07, 6.45) is 0. The Morgan fingerprint density at radius 1 is 1.26 bits per heavy atom. The first-order valence-electron chi connectivity index (χ1n) is 7.00. The SMILES string of the molecule is Cc1csc(-c2cc(Br)c(OCc3ccccc3)c(C#N)c2)n1. The van der Waals surface area contributed by atoms with Crippen LogP contribution in [-0.4, -0.2) is 4.98 Å². The Bertz CT molecular complexity index is 868. The van der Waals surface area contributed by atoms with Crippen LogP contribution in [0.25, 0.3) is 10.6 Å². The Morgan fingerprint density at radius 3 is 2.70 bits per heavy atom. The normalized spacial score (nSPS) is 10.3. The number of nitriles is 1. The smallest absolute Gasteiger partial charge is 0.151 e. The summed E-state index contributed by atoms with van der Waals surface area (Å²) in [7, 11) is 0. The van der Waals surface area contributed by atoms with Crippen LogP contribution in [0, 0.1) is 18.3 Å². The van der Waals surface area contributed by atoms with Gasteiger partial charge in [-0.2, -0.15) is 5.26 Å². The van der Waals surface area contributed by atoms with E-state index in [9.17, 15) is 5.26 Å². The third kappa shape index (κ3) is 3.61. The summed E-state index contributed by atoms with van der Waals surface area (Å²) in [5, 5.41) is 12.3. The number of hydrogen-bond acceptors (Lipinski definition) is 4. The molecule has 114 valence electrons. The van der Waals surface area contributed by atoms with Gasteiger partial charge in [0.05, 0.1) is 10.0 Å². The highest BCUT2D eigenvalue weighted by molar-refractivity contribution is 9.10. The van der Waals surface area contributed by atoms with Crippen molar-refractivity contribution in [3.05, 3.63) is 69.1 Å². The number of benzene rings is 2. The molecule has 0 aliphatic heterocycles. The number of rotatable bonds is 4. The van der Waals surface area contributed by atoms with Crippen LogP contribution in [0.15, 0.2) is 52.3 Å². The number of aromatic nitrogens is 1. The van der Waals surface area contributed by atoms with Crippen LogP contribution in [0.4, 0.5) is 0 Å². The summed E-state index contributed by atoms with van der Waals surface area (Å²) in [6.45, 7) is 2.38. The Morgan fingerprint density at radius 2 is 2.04 bits per heavy atom. The van der Waals surface area contributed by atoms with E-state index >= 15 is 0 Å². The molecule has 0 saturated carbocycles. The van der Waals surface area contributed by atoms with Gasteiger partial charge in [-0.25, -0.2) is 4.98 Å². The fourth-order valence-electron chi connectivity index (χ4n) is 2.16. The second-order valence-electron chi connectivity index (χ2n) is 5.01. The second kappa shape index (κ2) is 6.95. The lowest BCUT2D eigenvalue weighted by molar-refractivity contribution is 0.303. The standard InChI is InChI=1S/C18H13BrN2OS/c1-12-11-23-18(21-12)14-7-15(9-20)17(16(19)8-14)22-10-13-5-3-2-4-6-13/h2-8,11H,10H2,1H3. The molecule has 0 spiro atoms. The molecule has 2 aromatic carbocycles. The maximum Gasteiger partial charge on any atom is 0.151 e. The predicted molar refractivity (Wildman–Crippen MR) is 95.5 cm³/mol. The fourth-order valence-corrected chi connectivity index (χ4v) is 3.52. The summed E-state index contributed by atoms with van der Waals surface area (Å²) < 4.78 is 6.61. The van der Waals surface area contributed by atoms with Gasteiger partial charge < -0.3 is 4.74 Å². The van der Waals surface area contributed by atoms with Crippen LogP contribution in [0.3, 0.4) is 0 Å². The minimum Gasteiger partial charge on any atom is -0.486 e. The van der Waals surface area contributed by atoms with Gasteiger partial charge in [0.25, 0.3) is 0 Å². The van der Waals surface area contributed by atoms with E-state index < -0.39 is 0 Å². The highest BCUT2D eigenvalue weighted by Gasteiger charge is 2.13. The molecule has 0 N–H and O–H groups in total. The summed E-state index contributed by atoms with van der Waals surface area (Å²) in [5.74, 6) is 0.563. The minimum atomic E-state index is 0.420. The molecule has 3 rings (SSSR count). The van der Waals surface area contributed by atoms with Gasteiger partial charge in [-0.1, -0.05) is 30.3 Å². The average molecular weight is 385 g/mol. The van der Waals surface area contributed by atoms with Crippen molar-refractivity contribution in [1.29, 1.82) is 5.26 Å². The maximum absolute atomic E-state index is 9.45. The molecule has 0 unspecified atom stereocenters. The van der Waals surface area contributed by atoms with E-state index in [0.29, 0.717) is 17.9 Å². The lowest BCUT2D eigenvalue weighted by Crippen LogP contribution is -1.98.